The van der Waals surface area contributed by atoms with Crippen LogP contribution in [0.15, 0.2) is 18.2 Å². The van der Waals surface area contributed by atoms with Gasteiger partial charge in [0.05, 0.1) is 17.2 Å². The number of hydrogen-bond donors (Lipinski definition) is 1. The normalized spacial score (nSPS) is 14.0. The molecule has 1 rings (SSSR count). The van der Waals surface area contributed by atoms with Gasteiger partial charge in [0.2, 0.25) is 0 Å². The summed E-state index contributed by atoms with van der Waals surface area (Å²) in [6, 6.07) is 5.20. The molecule has 0 aliphatic heterocycles. The largest absolute Gasteiger partial charge is 0.492 e. The number of methoxy groups -OCH3 is 2. The van der Waals surface area contributed by atoms with Crippen molar-refractivity contribution in [1.82, 2.24) is 0 Å². The van der Waals surface area contributed by atoms with Gasteiger partial charge in [0.1, 0.15) is 11.4 Å². The molecule has 1 aromatic carbocycles. The third-order valence-electron chi connectivity index (χ3n) is 4.36. The van der Waals surface area contributed by atoms with Crippen LogP contribution in [0.3, 0.4) is 0 Å². The van der Waals surface area contributed by atoms with E-state index < -0.39 is 5.60 Å². The van der Waals surface area contributed by atoms with E-state index in [0.717, 1.165) is 12.8 Å². The van der Waals surface area contributed by atoms with E-state index in [0.29, 0.717) is 29.5 Å². The fourth-order valence-electron chi connectivity index (χ4n) is 2.25. The van der Waals surface area contributed by atoms with Crippen LogP contribution in [0.1, 0.15) is 47.0 Å². The predicted octanol–water partition coefficient (Wildman–Crippen LogP) is 4.68. The van der Waals surface area contributed by atoms with Gasteiger partial charge in [-0.25, -0.2) is 0 Å². The number of hydrogen-bond acceptors (Lipinski definition) is 4. The maximum atomic E-state index is 12.4. The van der Waals surface area contributed by atoms with Crippen molar-refractivity contribution < 1.29 is 19.0 Å². The van der Waals surface area contributed by atoms with Crippen molar-refractivity contribution in [3.05, 3.63) is 23.2 Å². The van der Waals surface area contributed by atoms with Gasteiger partial charge in [-0.15, -0.1) is 0 Å². The zero-order valence-corrected chi connectivity index (χ0v) is 16.8. The molecule has 6 heteroatoms. The van der Waals surface area contributed by atoms with E-state index in [1.807, 2.05) is 20.8 Å². The highest BCUT2D eigenvalue weighted by molar-refractivity contribution is 6.32. The van der Waals surface area contributed by atoms with Crippen LogP contribution >= 0.6 is 11.6 Å². The number of benzene rings is 1. The van der Waals surface area contributed by atoms with Crippen LogP contribution in [0.25, 0.3) is 0 Å². The van der Waals surface area contributed by atoms with Gasteiger partial charge in [-0.2, -0.15) is 0 Å². The number of halogens is 1. The van der Waals surface area contributed by atoms with Crippen molar-refractivity contribution in [2.45, 2.75) is 58.2 Å². The molecule has 0 heterocycles. The molecular formula is C19H30ClNO4. The fraction of sp³-hybridized carbons (Fsp3) is 0.632. The maximum Gasteiger partial charge on any atom is 0.256 e. The number of anilines is 1. The highest BCUT2D eigenvalue weighted by Gasteiger charge is 2.32. The Balaban J connectivity index is 2.71. The van der Waals surface area contributed by atoms with Crippen LogP contribution in [0.4, 0.5) is 5.69 Å². The molecule has 0 spiro atoms. The summed E-state index contributed by atoms with van der Waals surface area (Å²) in [5.41, 5.74) is -0.495. The second-order valence-corrected chi connectivity index (χ2v) is 7.25. The summed E-state index contributed by atoms with van der Waals surface area (Å²) in [5.74, 6) is 0.387. The molecule has 25 heavy (non-hydrogen) atoms. The summed E-state index contributed by atoms with van der Waals surface area (Å²) in [7, 11) is 3.22. The Morgan fingerprint density at radius 3 is 2.36 bits per heavy atom. The molecule has 0 saturated carbocycles. The van der Waals surface area contributed by atoms with Crippen LogP contribution < -0.4 is 10.1 Å². The van der Waals surface area contributed by atoms with Crippen molar-refractivity contribution in [2.24, 2.45) is 0 Å². The van der Waals surface area contributed by atoms with Crippen LogP contribution in [-0.4, -0.2) is 37.9 Å². The van der Waals surface area contributed by atoms with E-state index in [1.54, 1.807) is 39.3 Å². The fourth-order valence-corrected chi connectivity index (χ4v) is 2.49. The molecule has 1 atom stereocenters. The minimum absolute atomic E-state index is 0.191. The lowest BCUT2D eigenvalue weighted by molar-refractivity contribution is -0.136. The van der Waals surface area contributed by atoms with E-state index in [-0.39, 0.29) is 11.5 Å². The SMILES string of the molecule is CCCC(C)(OC)C(=O)Nc1ccc(OCCC(C)(C)OC)c(Cl)c1. The highest BCUT2D eigenvalue weighted by atomic mass is 35.5. The number of nitrogens with one attached hydrogen (secondary N) is 1. The molecule has 0 aliphatic carbocycles. The minimum atomic E-state index is -0.859. The number of amides is 1. The van der Waals surface area contributed by atoms with E-state index in [4.69, 9.17) is 25.8 Å². The highest BCUT2D eigenvalue weighted by Crippen LogP contribution is 2.29. The number of carbonyl (C=O) groups is 1. The first-order valence-corrected chi connectivity index (χ1v) is 8.89. The third-order valence-corrected chi connectivity index (χ3v) is 4.66. The summed E-state index contributed by atoms with van der Waals surface area (Å²) < 4.78 is 16.5. The van der Waals surface area contributed by atoms with Crippen molar-refractivity contribution in [3.8, 4) is 5.75 Å². The number of carbonyl (C=O) groups excluding carboxylic acids is 1. The second kappa shape index (κ2) is 9.41. The Labute approximate surface area is 156 Å². The lowest BCUT2D eigenvalue weighted by Gasteiger charge is -2.26. The van der Waals surface area contributed by atoms with Gasteiger partial charge < -0.3 is 19.5 Å². The van der Waals surface area contributed by atoms with E-state index >= 15 is 0 Å². The monoisotopic (exact) mass is 371 g/mol. The van der Waals surface area contributed by atoms with E-state index in [1.165, 1.54) is 0 Å². The van der Waals surface area contributed by atoms with Crippen molar-refractivity contribution in [2.75, 3.05) is 26.1 Å². The van der Waals surface area contributed by atoms with Gasteiger partial charge in [-0.1, -0.05) is 24.9 Å². The van der Waals surface area contributed by atoms with Gasteiger partial charge in [-0.3, -0.25) is 4.79 Å². The lowest BCUT2D eigenvalue weighted by atomic mass is 9.99. The molecule has 1 unspecified atom stereocenters. The molecule has 0 fully saturated rings. The Hall–Kier alpha value is -1.30. The smallest absolute Gasteiger partial charge is 0.256 e. The van der Waals surface area contributed by atoms with Crippen LogP contribution in [0.2, 0.25) is 5.02 Å². The molecule has 1 aromatic rings. The molecule has 0 saturated heterocycles. The minimum Gasteiger partial charge on any atom is -0.492 e. The van der Waals surface area contributed by atoms with Crippen molar-refractivity contribution in [1.29, 1.82) is 0 Å². The molecule has 142 valence electrons. The second-order valence-electron chi connectivity index (χ2n) is 6.85. The summed E-state index contributed by atoms with van der Waals surface area (Å²) >= 11 is 6.27. The molecule has 5 nitrogen and oxygen atoms in total. The standard InChI is InChI=1S/C19H30ClNO4/c1-7-10-19(4,24-6)17(22)21-14-8-9-16(15(20)13-14)25-12-11-18(2,3)23-5/h8-9,13H,7,10-12H2,1-6H3,(H,21,22). The summed E-state index contributed by atoms with van der Waals surface area (Å²) in [4.78, 5) is 12.4. The molecule has 0 radical (unpaired) electrons. The van der Waals surface area contributed by atoms with Gasteiger partial charge >= 0.3 is 0 Å². The topological polar surface area (TPSA) is 56.8 Å². The molecule has 0 bridgehead atoms. The van der Waals surface area contributed by atoms with Crippen molar-refractivity contribution >= 4 is 23.2 Å². The van der Waals surface area contributed by atoms with Gasteiger partial charge in [0.15, 0.2) is 0 Å². The summed E-state index contributed by atoms with van der Waals surface area (Å²) in [5, 5.41) is 3.30. The van der Waals surface area contributed by atoms with Gasteiger partial charge in [0, 0.05) is 26.3 Å². The lowest BCUT2D eigenvalue weighted by Crippen LogP contribution is -2.41. The molecule has 0 aromatic heterocycles. The summed E-state index contributed by atoms with van der Waals surface area (Å²) in [6.45, 7) is 8.28. The molecule has 1 N–H and O–H groups in total. The number of rotatable bonds is 10. The molecular weight excluding hydrogens is 342 g/mol. The maximum absolute atomic E-state index is 12.4. The Bertz CT molecular complexity index is 577. The van der Waals surface area contributed by atoms with Crippen molar-refractivity contribution in [3.63, 3.8) is 0 Å². The zero-order chi connectivity index (χ0) is 19.1. The average Bonchev–Trinajstić information content (AvgIpc) is 2.56. The van der Waals surface area contributed by atoms with E-state index in [9.17, 15) is 4.79 Å². The molecule has 1 amide bonds. The Kier molecular flexibility index (Phi) is 8.19. The van der Waals surface area contributed by atoms with Gasteiger partial charge in [0.25, 0.3) is 5.91 Å². The third kappa shape index (κ3) is 6.49. The van der Waals surface area contributed by atoms with Crippen LogP contribution in [0.5, 0.6) is 5.75 Å². The average molecular weight is 372 g/mol. The van der Waals surface area contributed by atoms with E-state index in [2.05, 4.69) is 5.32 Å². The zero-order valence-electron chi connectivity index (χ0n) is 16.1. The molecule has 0 aliphatic rings. The van der Waals surface area contributed by atoms with Gasteiger partial charge in [-0.05, 0) is 45.4 Å². The van der Waals surface area contributed by atoms with Crippen LogP contribution in [0, 0.1) is 0 Å². The first-order valence-electron chi connectivity index (χ1n) is 8.51. The number of ether oxygens (including phenoxy) is 3. The Morgan fingerprint density at radius 2 is 1.84 bits per heavy atom. The van der Waals surface area contributed by atoms with Crippen LogP contribution in [-0.2, 0) is 14.3 Å². The quantitative estimate of drug-likeness (QED) is 0.648. The summed E-state index contributed by atoms with van der Waals surface area (Å²) in [6.07, 6.45) is 2.23. The first-order chi connectivity index (χ1) is 11.7. The predicted molar refractivity (Wildman–Crippen MR) is 102 cm³/mol. The Morgan fingerprint density at radius 1 is 1.16 bits per heavy atom. The first kappa shape index (κ1) is 21.7.